The Morgan fingerprint density at radius 1 is 1.18 bits per heavy atom. The third kappa shape index (κ3) is 4.84. The molecule has 1 aliphatic carbocycles. The summed E-state index contributed by atoms with van der Waals surface area (Å²) in [6.07, 6.45) is 5.41. The molecule has 128 valence electrons. The highest BCUT2D eigenvalue weighted by atomic mass is 32.2. The van der Waals surface area contributed by atoms with Gasteiger partial charge in [-0.2, -0.15) is 0 Å². The van der Waals surface area contributed by atoms with Gasteiger partial charge in [-0.15, -0.1) is 0 Å². The summed E-state index contributed by atoms with van der Waals surface area (Å²) in [5.41, 5.74) is 0. The molecule has 22 heavy (non-hydrogen) atoms. The van der Waals surface area contributed by atoms with E-state index >= 15 is 0 Å². The van der Waals surface area contributed by atoms with Gasteiger partial charge in [-0.1, -0.05) is 12.8 Å². The van der Waals surface area contributed by atoms with Gasteiger partial charge in [0.05, 0.1) is 12.3 Å². The van der Waals surface area contributed by atoms with Crippen LogP contribution in [0.15, 0.2) is 4.99 Å². The Kier molecular flexibility index (Phi) is 6.50. The summed E-state index contributed by atoms with van der Waals surface area (Å²) >= 11 is 0. The zero-order valence-corrected chi connectivity index (χ0v) is 14.7. The quantitative estimate of drug-likeness (QED) is 0.433. The Bertz CT molecular complexity index is 464. The van der Waals surface area contributed by atoms with Gasteiger partial charge in [0, 0.05) is 26.2 Å². The fraction of sp³-hybridized carbons (Fsp3) is 0.933. The third-order valence-corrected chi connectivity index (χ3v) is 6.09. The Morgan fingerprint density at radius 2 is 1.82 bits per heavy atom. The van der Waals surface area contributed by atoms with Crippen LogP contribution >= 0.6 is 0 Å². The van der Waals surface area contributed by atoms with Crippen LogP contribution in [-0.4, -0.2) is 57.8 Å². The summed E-state index contributed by atoms with van der Waals surface area (Å²) in [4.78, 5) is 6.95. The van der Waals surface area contributed by atoms with Crippen LogP contribution in [0.1, 0.15) is 39.5 Å². The standard InChI is InChI=1S/C15H30N4O2S/c1-3-16-15(17-9-10-18-22(20,21)4-2)19-11-13-7-5-6-8-14(13)12-19/h13-14,18H,3-12H2,1-2H3,(H,16,17). The second kappa shape index (κ2) is 8.15. The Balaban J connectivity index is 1.87. The Morgan fingerprint density at radius 3 is 2.36 bits per heavy atom. The van der Waals surface area contributed by atoms with Crippen LogP contribution in [0.3, 0.4) is 0 Å². The maximum absolute atomic E-state index is 11.4. The summed E-state index contributed by atoms with van der Waals surface area (Å²) in [6.45, 7) is 7.58. The SMILES string of the molecule is CCNC(=NCCNS(=O)(=O)CC)N1CC2CCCCC2C1. The monoisotopic (exact) mass is 330 g/mol. The molecule has 0 spiro atoms. The highest BCUT2D eigenvalue weighted by molar-refractivity contribution is 7.89. The molecule has 2 aliphatic rings. The van der Waals surface area contributed by atoms with E-state index in [1.54, 1.807) is 6.92 Å². The van der Waals surface area contributed by atoms with Gasteiger partial charge >= 0.3 is 0 Å². The van der Waals surface area contributed by atoms with Crippen LogP contribution in [0.5, 0.6) is 0 Å². The number of fused-ring (bicyclic) bond motifs is 1. The summed E-state index contributed by atoms with van der Waals surface area (Å²) in [6, 6.07) is 0. The summed E-state index contributed by atoms with van der Waals surface area (Å²) in [5, 5.41) is 3.34. The van der Waals surface area contributed by atoms with E-state index in [9.17, 15) is 8.42 Å². The van der Waals surface area contributed by atoms with E-state index < -0.39 is 10.0 Å². The molecule has 1 saturated carbocycles. The molecule has 6 nitrogen and oxygen atoms in total. The van der Waals surface area contributed by atoms with Crippen molar-refractivity contribution in [1.82, 2.24) is 14.9 Å². The van der Waals surface area contributed by atoms with E-state index in [0.29, 0.717) is 13.1 Å². The molecule has 1 heterocycles. The highest BCUT2D eigenvalue weighted by Gasteiger charge is 2.35. The number of sulfonamides is 1. The first-order valence-corrected chi connectivity index (χ1v) is 10.2. The predicted octanol–water partition coefficient (Wildman–Crippen LogP) is 1.01. The minimum atomic E-state index is -3.12. The summed E-state index contributed by atoms with van der Waals surface area (Å²) in [5.74, 6) is 2.69. The first-order valence-electron chi connectivity index (χ1n) is 8.56. The van der Waals surface area contributed by atoms with Gasteiger partial charge in [0.1, 0.15) is 0 Å². The number of guanidine groups is 1. The number of likely N-dealkylation sites (tertiary alicyclic amines) is 1. The van der Waals surface area contributed by atoms with E-state index in [1.807, 2.05) is 0 Å². The van der Waals surface area contributed by atoms with Gasteiger partial charge in [-0.3, -0.25) is 4.99 Å². The third-order valence-electron chi connectivity index (χ3n) is 4.69. The lowest BCUT2D eigenvalue weighted by molar-refractivity contribution is 0.299. The molecular formula is C15H30N4O2S. The van der Waals surface area contributed by atoms with E-state index in [0.717, 1.165) is 37.4 Å². The van der Waals surface area contributed by atoms with Crippen molar-refractivity contribution in [2.75, 3.05) is 38.5 Å². The molecule has 0 aromatic carbocycles. The molecular weight excluding hydrogens is 300 g/mol. The summed E-state index contributed by atoms with van der Waals surface area (Å²) in [7, 11) is -3.12. The number of aliphatic imine (C=N–C) groups is 1. The molecule has 0 bridgehead atoms. The molecule has 0 radical (unpaired) electrons. The summed E-state index contributed by atoms with van der Waals surface area (Å²) < 4.78 is 25.4. The molecule has 2 fully saturated rings. The highest BCUT2D eigenvalue weighted by Crippen LogP contribution is 2.35. The van der Waals surface area contributed by atoms with Crippen LogP contribution in [0.25, 0.3) is 0 Å². The smallest absolute Gasteiger partial charge is 0.211 e. The lowest BCUT2D eigenvalue weighted by Crippen LogP contribution is -2.41. The van der Waals surface area contributed by atoms with Gasteiger partial charge in [0.15, 0.2) is 5.96 Å². The fourth-order valence-electron chi connectivity index (χ4n) is 3.47. The van der Waals surface area contributed by atoms with Crippen molar-refractivity contribution in [2.45, 2.75) is 39.5 Å². The van der Waals surface area contributed by atoms with E-state index in [1.165, 1.54) is 25.7 Å². The molecule has 0 aromatic heterocycles. The van der Waals surface area contributed by atoms with Gasteiger partial charge < -0.3 is 10.2 Å². The van der Waals surface area contributed by atoms with Crippen molar-refractivity contribution in [1.29, 1.82) is 0 Å². The molecule has 2 unspecified atom stereocenters. The Labute approximate surface area is 134 Å². The molecule has 2 rings (SSSR count). The fourth-order valence-corrected chi connectivity index (χ4v) is 4.08. The van der Waals surface area contributed by atoms with Crippen molar-refractivity contribution in [2.24, 2.45) is 16.8 Å². The van der Waals surface area contributed by atoms with Crippen molar-refractivity contribution in [3.05, 3.63) is 0 Å². The van der Waals surface area contributed by atoms with Gasteiger partial charge in [0.2, 0.25) is 10.0 Å². The largest absolute Gasteiger partial charge is 0.357 e. The van der Waals surface area contributed by atoms with Crippen LogP contribution in [0.4, 0.5) is 0 Å². The van der Waals surface area contributed by atoms with Gasteiger partial charge in [-0.05, 0) is 38.5 Å². The van der Waals surface area contributed by atoms with E-state index in [2.05, 4.69) is 26.9 Å². The second-order valence-electron chi connectivity index (χ2n) is 6.24. The minimum Gasteiger partial charge on any atom is -0.357 e. The van der Waals surface area contributed by atoms with Crippen LogP contribution in [0.2, 0.25) is 0 Å². The average Bonchev–Trinajstić information content (AvgIpc) is 2.94. The topological polar surface area (TPSA) is 73.8 Å². The zero-order valence-electron chi connectivity index (χ0n) is 13.8. The van der Waals surface area contributed by atoms with Crippen molar-refractivity contribution in [3.8, 4) is 0 Å². The molecule has 1 saturated heterocycles. The Hall–Kier alpha value is -0.820. The normalized spacial score (nSPS) is 26.1. The maximum atomic E-state index is 11.4. The van der Waals surface area contributed by atoms with E-state index in [4.69, 9.17) is 0 Å². The van der Waals surface area contributed by atoms with Crippen LogP contribution < -0.4 is 10.0 Å². The lowest BCUT2D eigenvalue weighted by Gasteiger charge is -2.22. The lowest BCUT2D eigenvalue weighted by atomic mass is 9.82. The average molecular weight is 330 g/mol. The predicted molar refractivity (Wildman–Crippen MR) is 90.5 cm³/mol. The minimum absolute atomic E-state index is 0.117. The molecule has 0 amide bonds. The zero-order chi connectivity index (χ0) is 16.0. The molecule has 1 aliphatic heterocycles. The second-order valence-corrected chi connectivity index (χ2v) is 8.34. The number of rotatable bonds is 6. The first kappa shape index (κ1) is 17.5. The molecule has 2 N–H and O–H groups in total. The molecule has 2 atom stereocenters. The van der Waals surface area contributed by atoms with Crippen molar-refractivity contribution >= 4 is 16.0 Å². The van der Waals surface area contributed by atoms with Gasteiger partial charge in [-0.25, -0.2) is 13.1 Å². The van der Waals surface area contributed by atoms with Crippen molar-refractivity contribution in [3.63, 3.8) is 0 Å². The number of hydrogen-bond acceptors (Lipinski definition) is 3. The van der Waals surface area contributed by atoms with Crippen LogP contribution in [0, 0.1) is 11.8 Å². The molecule has 0 aromatic rings. The molecule has 7 heteroatoms. The van der Waals surface area contributed by atoms with Crippen LogP contribution in [-0.2, 0) is 10.0 Å². The van der Waals surface area contributed by atoms with Crippen molar-refractivity contribution < 1.29 is 8.42 Å². The number of hydrogen-bond donors (Lipinski definition) is 2. The number of nitrogens with one attached hydrogen (secondary N) is 2. The first-order chi connectivity index (χ1) is 10.6. The van der Waals surface area contributed by atoms with Gasteiger partial charge in [0.25, 0.3) is 0 Å². The maximum Gasteiger partial charge on any atom is 0.211 e. The number of nitrogens with zero attached hydrogens (tertiary/aromatic N) is 2. The van der Waals surface area contributed by atoms with E-state index in [-0.39, 0.29) is 5.75 Å².